The average Bonchev–Trinajstić information content (AvgIpc) is 3.34. The van der Waals surface area contributed by atoms with Crippen LogP contribution < -0.4 is 5.32 Å². The second-order valence-corrected chi connectivity index (χ2v) is 8.38. The monoisotopic (exact) mass is 386 g/mol. The van der Waals surface area contributed by atoms with E-state index in [9.17, 15) is 4.79 Å². The van der Waals surface area contributed by atoms with Gasteiger partial charge in [0.05, 0.1) is 22.7 Å². The van der Waals surface area contributed by atoms with Crippen molar-refractivity contribution < 1.29 is 4.79 Å². The van der Waals surface area contributed by atoms with Gasteiger partial charge in [-0.1, -0.05) is 0 Å². The maximum atomic E-state index is 12.2. The van der Waals surface area contributed by atoms with Crippen LogP contribution in [0.1, 0.15) is 10.6 Å². The molecule has 0 aromatic carbocycles. The number of thiophene rings is 2. The van der Waals surface area contributed by atoms with Gasteiger partial charge in [0, 0.05) is 27.3 Å². The molecule has 0 bridgehead atoms. The average molecular weight is 387 g/mol. The van der Waals surface area contributed by atoms with E-state index in [2.05, 4.69) is 38.9 Å². The molecule has 126 valence electrons. The zero-order chi connectivity index (χ0) is 17.2. The molecule has 25 heavy (non-hydrogen) atoms. The standard InChI is InChI=1S/C17H14N4OS3/c1-10-2-3-14(25-10)13-7-15(21-20-13)19-16(22)6-12-9-24-17(18-12)11-4-5-23-8-11/h2-5,7-9H,6H2,1H3,(H2,19,20,21,22). The number of H-pyrrole nitrogens is 1. The van der Waals surface area contributed by atoms with Crippen LogP contribution in [0.25, 0.3) is 21.1 Å². The Labute approximate surface area is 156 Å². The topological polar surface area (TPSA) is 70.7 Å². The molecule has 5 nitrogen and oxygen atoms in total. The number of thiazole rings is 1. The van der Waals surface area contributed by atoms with Crippen molar-refractivity contribution in [1.82, 2.24) is 15.2 Å². The highest BCUT2D eigenvalue weighted by Crippen LogP contribution is 2.28. The highest BCUT2D eigenvalue weighted by molar-refractivity contribution is 7.15. The Kier molecular flexibility index (Phi) is 4.48. The van der Waals surface area contributed by atoms with E-state index < -0.39 is 0 Å². The summed E-state index contributed by atoms with van der Waals surface area (Å²) in [5.74, 6) is 0.405. The predicted octanol–water partition coefficient (Wildman–Crippen LogP) is 4.81. The molecule has 1 amide bonds. The Morgan fingerprint density at radius 2 is 2.20 bits per heavy atom. The van der Waals surface area contributed by atoms with Gasteiger partial charge in [-0.15, -0.1) is 22.7 Å². The maximum Gasteiger partial charge on any atom is 0.231 e. The zero-order valence-corrected chi connectivity index (χ0v) is 15.7. The SMILES string of the molecule is Cc1ccc(-c2cc(NC(=O)Cc3csc(-c4ccsc4)n3)n[nH]2)s1. The van der Waals surface area contributed by atoms with E-state index >= 15 is 0 Å². The predicted molar refractivity (Wildman–Crippen MR) is 104 cm³/mol. The normalized spacial score (nSPS) is 10.9. The number of aromatic amines is 1. The number of nitrogens with zero attached hydrogens (tertiary/aromatic N) is 2. The molecule has 4 aromatic rings. The molecule has 0 spiro atoms. The molecule has 2 N–H and O–H groups in total. The molecule has 0 atom stereocenters. The summed E-state index contributed by atoms with van der Waals surface area (Å²) in [5.41, 5.74) is 2.78. The Morgan fingerprint density at radius 3 is 2.96 bits per heavy atom. The van der Waals surface area contributed by atoms with Gasteiger partial charge in [0.2, 0.25) is 5.91 Å². The van der Waals surface area contributed by atoms with Crippen molar-refractivity contribution in [3.8, 4) is 21.1 Å². The van der Waals surface area contributed by atoms with Crippen molar-refractivity contribution in [2.24, 2.45) is 0 Å². The summed E-state index contributed by atoms with van der Waals surface area (Å²) in [4.78, 5) is 19.1. The molecule has 0 saturated heterocycles. The van der Waals surface area contributed by atoms with Crippen LogP contribution in [0.3, 0.4) is 0 Å². The number of rotatable bonds is 5. The molecule has 0 saturated carbocycles. The van der Waals surface area contributed by atoms with Gasteiger partial charge in [0.1, 0.15) is 5.01 Å². The van der Waals surface area contributed by atoms with E-state index in [0.717, 1.165) is 26.8 Å². The molecule has 0 aliphatic heterocycles. The second kappa shape index (κ2) is 6.91. The van der Waals surface area contributed by atoms with Crippen LogP contribution in [-0.4, -0.2) is 21.1 Å². The fraction of sp³-hybridized carbons (Fsp3) is 0.118. The lowest BCUT2D eigenvalue weighted by Gasteiger charge is -1.98. The van der Waals surface area contributed by atoms with Crippen molar-refractivity contribution in [1.29, 1.82) is 0 Å². The van der Waals surface area contributed by atoms with Gasteiger partial charge in [0.15, 0.2) is 5.82 Å². The second-order valence-electron chi connectivity index (χ2n) is 5.46. The summed E-state index contributed by atoms with van der Waals surface area (Å²) in [6.45, 7) is 2.06. The molecule has 4 rings (SSSR count). The molecule has 0 radical (unpaired) electrons. The number of carbonyl (C=O) groups is 1. The van der Waals surface area contributed by atoms with Crippen LogP contribution in [0.5, 0.6) is 0 Å². The molecule has 0 aliphatic rings. The Balaban J connectivity index is 1.40. The van der Waals surface area contributed by atoms with Crippen LogP contribution in [0.4, 0.5) is 5.82 Å². The van der Waals surface area contributed by atoms with E-state index in [-0.39, 0.29) is 12.3 Å². The van der Waals surface area contributed by atoms with Crippen molar-refractivity contribution in [3.05, 3.63) is 51.0 Å². The number of aromatic nitrogens is 3. The van der Waals surface area contributed by atoms with Gasteiger partial charge >= 0.3 is 0 Å². The van der Waals surface area contributed by atoms with Gasteiger partial charge in [-0.05, 0) is 30.5 Å². The van der Waals surface area contributed by atoms with Gasteiger partial charge in [-0.25, -0.2) is 4.98 Å². The van der Waals surface area contributed by atoms with Crippen molar-refractivity contribution in [2.45, 2.75) is 13.3 Å². The minimum atomic E-state index is -0.123. The number of nitrogens with one attached hydrogen (secondary N) is 2. The first kappa shape index (κ1) is 16.2. The first-order valence-corrected chi connectivity index (χ1v) is 10.2. The number of carbonyl (C=O) groups excluding carboxylic acids is 1. The smallest absolute Gasteiger partial charge is 0.231 e. The number of hydrogen-bond donors (Lipinski definition) is 2. The number of anilines is 1. The Hall–Kier alpha value is -2.29. The number of hydrogen-bond acceptors (Lipinski definition) is 6. The van der Waals surface area contributed by atoms with Crippen LogP contribution in [-0.2, 0) is 11.2 Å². The fourth-order valence-corrected chi connectivity index (χ4v) is 4.72. The summed E-state index contributed by atoms with van der Waals surface area (Å²) >= 11 is 4.88. The third-order valence-electron chi connectivity index (χ3n) is 3.51. The lowest BCUT2D eigenvalue weighted by molar-refractivity contribution is -0.115. The lowest BCUT2D eigenvalue weighted by atomic mass is 10.3. The van der Waals surface area contributed by atoms with Crippen LogP contribution in [0.2, 0.25) is 0 Å². The number of amides is 1. The molecule has 0 unspecified atom stereocenters. The van der Waals surface area contributed by atoms with E-state index in [1.54, 1.807) is 34.0 Å². The van der Waals surface area contributed by atoms with Crippen LogP contribution in [0, 0.1) is 6.92 Å². The minimum absolute atomic E-state index is 0.123. The third-order valence-corrected chi connectivity index (χ3v) is 6.17. The van der Waals surface area contributed by atoms with Gasteiger partial charge < -0.3 is 5.32 Å². The molecule has 4 aromatic heterocycles. The molecule has 8 heteroatoms. The zero-order valence-electron chi connectivity index (χ0n) is 13.3. The highest BCUT2D eigenvalue weighted by Gasteiger charge is 2.12. The van der Waals surface area contributed by atoms with Crippen LogP contribution in [0.15, 0.2) is 40.4 Å². The van der Waals surface area contributed by atoms with Gasteiger partial charge in [0.25, 0.3) is 0 Å². The van der Waals surface area contributed by atoms with Crippen LogP contribution >= 0.6 is 34.0 Å². The van der Waals surface area contributed by atoms with E-state index in [1.807, 2.05) is 29.0 Å². The van der Waals surface area contributed by atoms with E-state index in [1.165, 1.54) is 4.88 Å². The molecule has 0 fully saturated rings. The minimum Gasteiger partial charge on any atom is -0.309 e. The van der Waals surface area contributed by atoms with Crippen molar-refractivity contribution >= 4 is 45.7 Å². The van der Waals surface area contributed by atoms with E-state index in [4.69, 9.17) is 0 Å². The van der Waals surface area contributed by atoms with E-state index in [0.29, 0.717) is 5.82 Å². The largest absolute Gasteiger partial charge is 0.309 e. The molecule has 4 heterocycles. The number of aryl methyl sites for hydroxylation is 1. The Morgan fingerprint density at radius 1 is 1.28 bits per heavy atom. The quantitative estimate of drug-likeness (QED) is 0.517. The maximum absolute atomic E-state index is 12.2. The first-order chi connectivity index (χ1) is 12.2. The Bertz CT molecular complexity index is 997. The van der Waals surface area contributed by atoms with Gasteiger partial charge in [-0.3, -0.25) is 9.89 Å². The summed E-state index contributed by atoms with van der Waals surface area (Å²) in [6.07, 6.45) is 0.237. The summed E-state index contributed by atoms with van der Waals surface area (Å²) in [7, 11) is 0. The highest BCUT2D eigenvalue weighted by atomic mass is 32.1. The van der Waals surface area contributed by atoms with Crippen molar-refractivity contribution in [2.75, 3.05) is 5.32 Å². The lowest BCUT2D eigenvalue weighted by Crippen LogP contribution is -2.14. The third kappa shape index (κ3) is 3.71. The molecular weight excluding hydrogens is 372 g/mol. The summed E-state index contributed by atoms with van der Waals surface area (Å²) in [6, 6.07) is 7.98. The summed E-state index contributed by atoms with van der Waals surface area (Å²) < 4.78 is 0. The first-order valence-electron chi connectivity index (χ1n) is 7.56. The molecule has 0 aliphatic carbocycles. The van der Waals surface area contributed by atoms with Crippen molar-refractivity contribution in [3.63, 3.8) is 0 Å². The van der Waals surface area contributed by atoms with Gasteiger partial charge in [-0.2, -0.15) is 16.4 Å². The fourth-order valence-electron chi connectivity index (χ4n) is 2.35. The summed E-state index contributed by atoms with van der Waals surface area (Å²) in [5, 5.41) is 16.9. The molecular formula is C17H14N4OS3.